The van der Waals surface area contributed by atoms with Gasteiger partial charge < -0.3 is 10.6 Å². The van der Waals surface area contributed by atoms with Crippen LogP contribution in [-0.4, -0.2) is 45.2 Å². The third-order valence-corrected chi connectivity index (χ3v) is 7.81. The molecular weight excluding hydrogens is 464 g/mol. The fraction of sp³-hybridized carbons (Fsp3) is 0.357. The van der Waals surface area contributed by atoms with Gasteiger partial charge in [-0.25, -0.2) is 4.99 Å². The number of hydrogen-bond acceptors (Lipinski definition) is 7. The van der Waals surface area contributed by atoms with Gasteiger partial charge in [-0.3, -0.25) is 19.7 Å². The van der Waals surface area contributed by atoms with E-state index in [0.29, 0.717) is 23.3 Å². The van der Waals surface area contributed by atoms with Crippen molar-refractivity contribution >= 4 is 34.1 Å². The van der Waals surface area contributed by atoms with Gasteiger partial charge >= 0.3 is 0 Å². The first-order chi connectivity index (χ1) is 18.0. The molecule has 37 heavy (non-hydrogen) atoms. The van der Waals surface area contributed by atoms with Gasteiger partial charge in [0.2, 0.25) is 11.9 Å². The number of nitrogens with one attached hydrogen (secondary N) is 3. The van der Waals surface area contributed by atoms with Crippen molar-refractivity contribution in [1.29, 1.82) is 5.26 Å². The lowest BCUT2D eigenvalue weighted by molar-refractivity contribution is -0.127. The first-order valence-electron chi connectivity index (χ1n) is 12.9. The molecule has 1 aliphatic carbocycles. The van der Waals surface area contributed by atoms with E-state index in [2.05, 4.69) is 38.7 Å². The van der Waals surface area contributed by atoms with E-state index >= 15 is 0 Å². The maximum atomic E-state index is 13.8. The zero-order chi connectivity index (χ0) is 25.5. The number of hydrogen-bond donors (Lipinski definition) is 3. The quantitative estimate of drug-likeness (QED) is 0.499. The Balaban J connectivity index is 1.39. The summed E-state index contributed by atoms with van der Waals surface area (Å²) in [5.41, 5.74) is 4.99. The second-order valence-electron chi connectivity index (χ2n) is 10.0. The normalized spacial score (nSPS) is 22.6. The van der Waals surface area contributed by atoms with Crippen molar-refractivity contribution in [3.05, 3.63) is 65.6 Å². The highest BCUT2D eigenvalue weighted by Crippen LogP contribution is 2.37. The van der Waals surface area contributed by atoms with E-state index in [-0.39, 0.29) is 18.1 Å². The number of fused-ring (bicyclic) bond motifs is 2. The Labute approximate surface area is 215 Å². The molecule has 9 heteroatoms. The monoisotopic (exact) mass is 494 g/mol. The number of H-pyrrole nitrogens is 1. The number of aliphatic imine (C=N–C) groups is 1. The Hall–Kier alpha value is -4.16. The number of piperazine rings is 1. The number of carbonyl (C=O) groups excluding carboxylic acids is 1. The summed E-state index contributed by atoms with van der Waals surface area (Å²) in [5, 5.41) is 24.4. The molecule has 2 atom stereocenters. The molecule has 1 unspecified atom stereocenters. The lowest BCUT2D eigenvalue weighted by Gasteiger charge is -2.49. The molecule has 2 aliphatic heterocycles. The first-order valence-corrected chi connectivity index (χ1v) is 12.9. The molecule has 0 spiro atoms. The molecule has 0 radical (unpaired) electrons. The van der Waals surface area contributed by atoms with Gasteiger partial charge in [-0.05, 0) is 62.6 Å². The average Bonchev–Trinajstić information content (AvgIpc) is 3.42. The van der Waals surface area contributed by atoms with Gasteiger partial charge in [0.25, 0.3) is 0 Å². The van der Waals surface area contributed by atoms with Crippen LogP contribution in [0.4, 0.5) is 11.4 Å². The molecule has 3 aromatic rings. The van der Waals surface area contributed by atoms with Crippen molar-refractivity contribution in [2.24, 2.45) is 4.99 Å². The van der Waals surface area contributed by atoms with Crippen molar-refractivity contribution in [3.8, 4) is 6.07 Å². The lowest BCUT2D eigenvalue weighted by Crippen LogP contribution is -2.64. The highest BCUT2D eigenvalue weighted by Gasteiger charge is 2.46. The van der Waals surface area contributed by atoms with Crippen LogP contribution in [0.1, 0.15) is 50.2 Å². The van der Waals surface area contributed by atoms with Crippen molar-refractivity contribution in [3.63, 3.8) is 0 Å². The summed E-state index contributed by atoms with van der Waals surface area (Å²) in [6, 6.07) is 13.4. The van der Waals surface area contributed by atoms with Crippen LogP contribution < -0.4 is 15.5 Å². The number of nitriles is 1. The van der Waals surface area contributed by atoms with E-state index in [9.17, 15) is 10.1 Å². The van der Waals surface area contributed by atoms with E-state index in [4.69, 9.17) is 4.99 Å². The second kappa shape index (κ2) is 9.37. The number of anilines is 2. The molecule has 1 saturated carbocycles. The van der Waals surface area contributed by atoms with Crippen molar-refractivity contribution in [1.82, 2.24) is 20.4 Å². The van der Waals surface area contributed by atoms with Crippen LogP contribution in [-0.2, 0) is 4.79 Å². The van der Waals surface area contributed by atoms with Crippen LogP contribution in [0.15, 0.2) is 59.5 Å². The molecular formula is C28H30N8O. The number of nitrogens with zero attached hydrogens (tertiary/aromatic N) is 5. The van der Waals surface area contributed by atoms with Gasteiger partial charge in [-0.15, -0.1) is 0 Å². The minimum atomic E-state index is -0.344. The SMILES string of the molecule is Cc1c(NC2=NC3C(=CN2)N(c2cccc(C#N)c2)C(=O)[C@@H](C)N3C2CCCCC2)ccc2[nH]ncc12. The predicted octanol–water partition coefficient (Wildman–Crippen LogP) is 4.35. The maximum Gasteiger partial charge on any atom is 0.248 e. The molecule has 2 fully saturated rings. The van der Waals surface area contributed by atoms with Crippen LogP contribution in [0, 0.1) is 18.3 Å². The number of rotatable bonds is 3. The van der Waals surface area contributed by atoms with Crippen molar-refractivity contribution in [2.45, 2.75) is 64.2 Å². The standard InChI is InChI=1S/C28H30N8O/c1-17-22-15-31-34-24(22)12-11-23(17)32-28-30-16-25-26(33-28)35(20-8-4-3-5-9-20)18(2)27(37)36(25)21-10-6-7-19(13-21)14-29/h6-7,10-13,15-16,18,20,26H,3-5,8-9H2,1-2H3,(H,31,34)(H2,30,32,33)/t18-,26?/m1/s1. The highest BCUT2D eigenvalue weighted by atomic mass is 16.2. The first kappa shape index (κ1) is 23.3. The van der Waals surface area contributed by atoms with Gasteiger partial charge in [-0.1, -0.05) is 25.3 Å². The lowest BCUT2D eigenvalue weighted by atomic mass is 9.91. The second-order valence-corrected chi connectivity index (χ2v) is 10.0. The Kier molecular flexibility index (Phi) is 5.89. The third-order valence-electron chi connectivity index (χ3n) is 7.81. The van der Waals surface area contributed by atoms with Crippen molar-refractivity contribution < 1.29 is 4.79 Å². The topological polar surface area (TPSA) is 112 Å². The summed E-state index contributed by atoms with van der Waals surface area (Å²) < 4.78 is 0. The fourth-order valence-electron chi connectivity index (χ4n) is 5.87. The Morgan fingerprint density at radius 3 is 2.81 bits per heavy atom. The van der Waals surface area contributed by atoms with Gasteiger partial charge in [0.1, 0.15) is 6.17 Å². The maximum absolute atomic E-state index is 13.8. The summed E-state index contributed by atoms with van der Waals surface area (Å²) >= 11 is 0. The van der Waals surface area contributed by atoms with Crippen LogP contribution >= 0.6 is 0 Å². The van der Waals surface area contributed by atoms with Crippen LogP contribution in [0.2, 0.25) is 0 Å². The van der Waals surface area contributed by atoms with E-state index in [0.717, 1.165) is 40.7 Å². The Morgan fingerprint density at radius 1 is 1.16 bits per heavy atom. The molecule has 0 bridgehead atoms. The zero-order valence-electron chi connectivity index (χ0n) is 21.0. The Morgan fingerprint density at radius 2 is 2.00 bits per heavy atom. The molecule has 6 rings (SSSR count). The highest BCUT2D eigenvalue weighted by molar-refractivity contribution is 6.03. The number of aryl methyl sites for hydroxylation is 1. The number of guanidine groups is 1. The third kappa shape index (κ3) is 4.03. The largest absolute Gasteiger partial charge is 0.331 e. The van der Waals surface area contributed by atoms with Gasteiger partial charge in [0.05, 0.1) is 40.8 Å². The summed E-state index contributed by atoms with van der Waals surface area (Å²) in [6.45, 7) is 4.04. The molecule has 3 aliphatic rings. The van der Waals surface area contributed by atoms with E-state index in [1.807, 2.05) is 43.6 Å². The smallest absolute Gasteiger partial charge is 0.248 e. The molecule has 9 nitrogen and oxygen atoms in total. The number of aromatic nitrogens is 2. The minimum Gasteiger partial charge on any atom is -0.331 e. The summed E-state index contributed by atoms with van der Waals surface area (Å²) in [7, 11) is 0. The summed E-state index contributed by atoms with van der Waals surface area (Å²) in [5.74, 6) is 0.630. The molecule has 1 aromatic heterocycles. The summed E-state index contributed by atoms with van der Waals surface area (Å²) in [6.07, 6.45) is 9.07. The van der Waals surface area contributed by atoms with Crippen LogP contribution in [0.25, 0.3) is 10.9 Å². The summed E-state index contributed by atoms with van der Waals surface area (Å²) in [4.78, 5) is 23.0. The van der Waals surface area contributed by atoms with Crippen LogP contribution in [0.3, 0.4) is 0 Å². The predicted molar refractivity (Wildman–Crippen MR) is 144 cm³/mol. The van der Waals surface area contributed by atoms with E-state index in [1.54, 1.807) is 17.0 Å². The molecule has 1 saturated heterocycles. The number of amides is 1. The number of benzene rings is 2. The van der Waals surface area contributed by atoms with E-state index in [1.165, 1.54) is 19.3 Å². The minimum absolute atomic E-state index is 0.00201. The van der Waals surface area contributed by atoms with Gasteiger partial charge in [0, 0.05) is 23.3 Å². The molecule has 3 N–H and O–H groups in total. The molecule has 2 aromatic carbocycles. The van der Waals surface area contributed by atoms with Crippen LogP contribution in [0.5, 0.6) is 0 Å². The van der Waals surface area contributed by atoms with Gasteiger partial charge in [-0.2, -0.15) is 10.4 Å². The molecule has 1 amide bonds. The zero-order valence-corrected chi connectivity index (χ0v) is 21.0. The fourth-order valence-corrected chi connectivity index (χ4v) is 5.87. The number of carbonyl (C=O) groups is 1. The van der Waals surface area contributed by atoms with Gasteiger partial charge in [0.15, 0.2) is 0 Å². The molecule has 3 heterocycles. The molecule has 188 valence electrons. The van der Waals surface area contributed by atoms with E-state index < -0.39 is 0 Å². The average molecular weight is 495 g/mol. The van der Waals surface area contributed by atoms with Crippen molar-refractivity contribution in [2.75, 3.05) is 10.2 Å². The Bertz CT molecular complexity index is 1460. The number of aromatic amines is 1.